The Morgan fingerprint density at radius 2 is 1.77 bits per heavy atom. The van der Waals surface area contributed by atoms with Crippen molar-refractivity contribution in [2.75, 3.05) is 0 Å². The lowest BCUT2D eigenvalue weighted by molar-refractivity contribution is 0.483. The van der Waals surface area contributed by atoms with Crippen LogP contribution in [0.4, 0.5) is 0 Å². The molecule has 3 heteroatoms. The highest BCUT2D eigenvalue weighted by atomic mass is 31.1. The van der Waals surface area contributed by atoms with Gasteiger partial charge < -0.3 is 4.89 Å². The summed E-state index contributed by atoms with van der Waals surface area (Å²) in [7, 11) is -2.41. The molecule has 2 nitrogen and oxygen atoms in total. The van der Waals surface area contributed by atoms with Gasteiger partial charge in [0.15, 0.2) is 8.03 Å². The molecule has 3 atom stereocenters. The molecule has 0 aliphatic heterocycles. The first-order chi connectivity index (χ1) is 6.13. The third-order valence-corrected chi connectivity index (χ3v) is 3.74. The Kier molecular flexibility index (Phi) is 3.71. The van der Waals surface area contributed by atoms with E-state index in [1.807, 2.05) is 44.2 Å². The molecule has 0 radical (unpaired) electrons. The minimum absolute atomic E-state index is 0.146. The van der Waals surface area contributed by atoms with Crippen molar-refractivity contribution in [3.8, 4) is 0 Å². The predicted octanol–water partition coefficient (Wildman–Crippen LogP) is 2.65. The van der Waals surface area contributed by atoms with Crippen molar-refractivity contribution in [2.24, 2.45) is 0 Å². The second-order valence-electron chi connectivity index (χ2n) is 3.33. The van der Waals surface area contributed by atoms with Crippen LogP contribution in [0.2, 0.25) is 0 Å². The van der Waals surface area contributed by atoms with Crippen LogP contribution in [0.1, 0.15) is 25.3 Å². The van der Waals surface area contributed by atoms with Gasteiger partial charge in [-0.3, -0.25) is 4.57 Å². The highest BCUT2D eigenvalue weighted by Crippen LogP contribution is 2.34. The van der Waals surface area contributed by atoms with Crippen LogP contribution in [0, 0.1) is 0 Å². The van der Waals surface area contributed by atoms with E-state index in [2.05, 4.69) is 0 Å². The molecule has 0 aliphatic carbocycles. The Hall–Kier alpha value is -0.590. The lowest BCUT2D eigenvalue weighted by atomic mass is 9.98. The van der Waals surface area contributed by atoms with Gasteiger partial charge in [-0.15, -0.1) is 0 Å². The zero-order valence-corrected chi connectivity index (χ0v) is 8.90. The van der Waals surface area contributed by atoms with Crippen LogP contribution in [-0.4, -0.2) is 10.6 Å². The molecule has 0 bridgehead atoms. The number of benzene rings is 1. The van der Waals surface area contributed by atoms with Gasteiger partial charge in [0.2, 0.25) is 0 Å². The molecule has 1 N–H and O–H groups in total. The molecule has 0 saturated carbocycles. The van der Waals surface area contributed by atoms with E-state index >= 15 is 0 Å². The molecule has 72 valence electrons. The van der Waals surface area contributed by atoms with Crippen molar-refractivity contribution in [3.63, 3.8) is 0 Å². The maximum atomic E-state index is 10.9. The van der Waals surface area contributed by atoms with Gasteiger partial charge in [-0.05, 0) is 11.5 Å². The third kappa shape index (κ3) is 2.68. The topological polar surface area (TPSA) is 37.3 Å². The summed E-state index contributed by atoms with van der Waals surface area (Å²) in [4.78, 5) is 9.00. The largest absolute Gasteiger partial charge is 0.346 e. The Morgan fingerprint density at radius 3 is 2.23 bits per heavy atom. The van der Waals surface area contributed by atoms with Gasteiger partial charge >= 0.3 is 0 Å². The second-order valence-corrected chi connectivity index (χ2v) is 4.91. The molecule has 1 aromatic rings. The summed E-state index contributed by atoms with van der Waals surface area (Å²) in [6.45, 7) is 3.80. The maximum absolute atomic E-state index is 10.9. The highest BCUT2D eigenvalue weighted by molar-refractivity contribution is 7.38. The van der Waals surface area contributed by atoms with E-state index in [4.69, 9.17) is 4.89 Å². The molecule has 0 saturated heterocycles. The van der Waals surface area contributed by atoms with E-state index in [0.29, 0.717) is 0 Å². The average molecular weight is 198 g/mol. The zero-order valence-electron chi connectivity index (χ0n) is 7.90. The second kappa shape index (κ2) is 4.59. The molecule has 0 amide bonds. The van der Waals surface area contributed by atoms with Crippen LogP contribution in [-0.2, 0) is 4.57 Å². The Morgan fingerprint density at radius 1 is 1.23 bits per heavy atom. The fraction of sp³-hybridized carbons (Fsp3) is 0.400. The van der Waals surface area contributed by atoms with Crippen LogP contribution < -0.4 is 0 Å². The van der Waals surface area contributed by atoms with Crippen LogP contribution >= 0.6 is 8.03 Å². The van der Waals surface area contributed by atoms with E-state index in [0.717, 1.165) is 5.56 Å². The molecule has 3 unspecified atom stereocenters. The van der Waals surface area contributed by atoms with Gasteiger partial charge in [0.25, 0.3) is 0 Å². The minimum atomic E-state index is -2.41. The quantitative estimate of drug-likeness (QED) is 0.758. The molecule has 0 aliphatic rings. The fourth-order valence-corrected chi connectivity index (χ4v) is 1.88. The van der Waals surface area contributed by atoms with Crippen molar-refractivity contribution in [2.45, 2.75) is 25.4 Å². The van der Waals surface area contributed by atoms with Crippen LogP contribution in [0.3, 0.4) is 0 Å². The van der Waals surface area contributed by atoms with Gasteiger partial charge in [0, 0.05) is 5.66 Å². The fourth-order valence-electron chi connectivity index (χ4n) is 1.26. The van der Waals surface area contributed by atoms with Gasteiger partial charge in [0.1, 0.15) is 0 Å². The molecule has 0 aromatic heterocycles. The summed E-state index contributed by atoms with van der Waals surface area (Å²) in [5.41, 5.74) is 0.981. The highest BCUT2D eigenvalue weighted by Gasteiger charge is 2.17. The SMILES string of the molecule is CC(c1ccccc1)C(C)[PH](=O)O. The molecule has 1 aromatic carbocycles. The van der Waals surface area contributed by atoms with E-state index in [-0.39, 0.29) is 11.6 Å². The predicted molar refractivity (Wildman–Crippen MR) is 55.5 cm³/mol. The number of rotatable bonds is 3. The van der Waals surface area contributed by atoms with Gasteiger partial charge in [0.05, 0.1) is 0 Å². The van der Waals surface area contributed by atoms with Crippen molar-refractivity contribution in [1.29, 1.82) is 0 Å². The number of hydrogen-bond acceptors (Lipinski definition) is 1. The molecule has 13 heavy (non-hydrogen) atoms. The van der Waals surface area contributed by atoms with Crippen molar-refractivity contribution < 1.29 is 9.46 Å². The summed E-state index contributed by atoms with van der Waals surface area (Å²) >= 11 is 0. The molecular weight excluding hydrogens is 183 g/mol. The first-order valence-electron chi connectivity index (χ1n) is 4.40. The molecular formula is C10H15O2P. The Labute approximate surface area is 79.5 Å². The summed E-state index contributed by atoms with van der Waals surface area (Å²) in [5.74, 6) is 0.151. The summed E-state index contributed by atoms with van der Waals surface area (Å²) in [6.07, 6.45) is 0. The van der Waals surface area contributed by atoms with Gasteiger partial charge in [-0.2, -0.15) is 0 Å². The normalized spacial score (nSPS) is 17.8. The van der Waals surface area contributed by atoms with E-state index in [1.165, 1.54) is 0 Å². The Balaban J connectivity index is 2.79. The monoisotopic (exact) mass is 198 g/mol. The first-order valence-corrected chi connectivity index (χ1v) is 5.84. The maximum Gasteiger partial charge on any atom is 0.192 e. The van der Waals surface area contributed by atoms with Crippen molar-refractivity contribution >= 4 is 8.03 Å². The minimum Gasteiger partial charge on any atom is -0.346 e. The van der Waals surface area contributed by atoms with Crippen molar-refractivity contribution in [1.82, 2.24) is 0 Å². The van der Waals surface area contributed by atoms with Crippen LogP contribution in [0.15, 0.2) is 30.3 Å². The average Bonchev–Trinajstić information content (AvgIpc) is 2.17. The molecule has 0 heterocycles. The lowest BCUT2D eigenvalue weighted by Gasteiger charge is -2.17. The Bertz CT molecular complexity index is 284. The molecule has 0 fully saturated rings. The summed E-state index contributed by atoms with van der Waals surface area (Å²) < 4.78 is 10.9. The standard InChI is InChI=1S/C10H15O2P/c1-8(9(2)13(11)12)10-6-4-3-5-7-10/h3-9,13H,1-2H3,(H,11,12). The third-order valence-electron chi connectivity index (χ3n) is 2.46. The van der Waals surface area contributed by atoms with Gasteiger partial charge in [-0.1, -0.05) is 44.2 Å². The van der Waals surface area contributed by atoms with Crippen LogP contribution in [0.25, 0.3) is 0 Å². The molecule has 1 rings (SSSR count). The smallest absolute Gasteiger partial charge is 0.192 e. The van der Waals surface area contributed by atoms with Crippen molar-refractivity contribution in [3.05, 3.63) is 35.9 Å². The van der Waals surface area contributed by atoms with E-state index in [1.54, 1.807) is 0 Å². The number of hydrogen-bond donors (Lipinski definition) is 1. The molecule has 0 spiro atoms. The summed E-state index contributed by atoms with van der Waals surface area (Å²) in [5, 5.41) is 0. The van der Waals surface area contributed by atoms with E-state index < -0.39 is 8.03 Å². The first kappa shape index (κ1) is 10.5. The summed E-state index contributed by atoms with van der Waals surface area (Å²) in [6, 6.07) is 9.83. The van der Waals surface area contributed by atoms with Gasteiger partial charge in [-0.25, -0.2) is 0 Å². The lowest BCUT2D eigenvalue weighted by Crippen LogP contribution is -2.07. The zero-order chi connectivity index (χ0) is 9.84. The van der Waals surface area contributed by atoms with Crippen LogP contribution in [0.5, 0.6) is 0 Å². The van der Waals surface area contributed by atoms with E-state index in [9.17, 15) is 4.57 Å².